The van der Waals surface area contributed by atoms with Crippen molar-refractivity contribution in [3.63, 3.8) is 0 Å². The molecule has 0 radical (unpaired) electrons. The van der Waals surface area contributed by atoms with E-state index in [2.05, 4.69) is 16.7 Å². The summed E-state index contributed by atoms with van der Waals surface area (Å²) in [4.78, 5) is 4.71. The number of guanidine groups is 1. The number of nitrogens with zero attached hydrogens (tertiary/aromatic N) is 2. The third kappa shape index (κ3) is 5.59. The minimum Gasteiger partial charge on any atom is -0.488 e. The first kappa shape index (κ1) is 19.9. The van der Waals surface area contributed by atoms with E-state index in [1.165, 1.54) is 11.8 Å². The molecule has 0 aliphatic carbocycles. The highest BCUT2D eigenvalue weighted by Gasteiger charge is 2.25. The quantitative estimate of drug-likeness (QED) is 0.560. The van der Waals surface area contributed by atoms with Gasteiger partial charge in [0.05, 0.1) is 12.8 Å². The van der Waals surface area contributed by atoms with E-state index in [4.69, 9.17) is 9.73 Å². The Balaban J connectivity index is 1.46. The Labute approximate surface area is 162 Å². The fraction of sp³-hybridized carbons (Fsp3) is 0.632. The molecule has 0 aromatic heterocycles. The smallest absolute Gasteiger partial charge is 0.211 e. The molecule has 1 atom stereocenters. The summed E-state index contributed by atoms with van der Waals surface area (Å²) in [6, 6.07) is 8.16. The summed E-state index contributed by atoms with van der Waals surface area (Å²) < 4.78 is 30.7. The summed E-state index contributed by atoms with van der Waals surface area (Å²) in [5, 5.41) is 6.66. The topological polar surface area (TPSA) is 83.0 Å². The largest absolute Gasteiger partial charge is 0.488 e. The molecule has 27 heavy (non-hydrogen) atoms. The second-order valence-electron chi connectivity index (χ2n) is 7.26. The monoisotopic (exact) mass is 394 g/mol. The van der Waals surface area contributed by atoms with Gasteiger partial charge in [-0.3, -0.25) is 4.99 Å². The van der Waals surface area contributed by atoms with Crippen molar-refractivity contribution in [1.82, 2.24) is 14.9 Å². The first-order chi connectivity index (χ1) is 13.0. The van der Waals surface area contributed by atoms with E-state index in [0.29, 0.717) is 32.1 Å². The van der Waals surface area contributed by atoms with Crippen LogP contribution in [0.3, 0.4) is 0 Å². The molecule has 2 aliphatic heterocycles. The first-order valence-corrected chi connectivity index (χ1v) is 11.5. The van der Waals surface area contributed by atoms with Gasteiger partial charge in [-0.2, -0.15) is 0 Å². The summed E-state index contributed by atoms with van der Waals surface area (Å²) >= 11 is 0. The molecule has 2 heterocycles. The van der Waals surface area contributed by atoms with Crippen molar-refractivity contribution >= 4 is 16.0 Å². The Morgan fingerprint density at radius 3 is 2.67 bits per heavy atom. The molecule has 3 rings (SSSR count). The van der Waals surface area contributed by atoms with Crippen LogP contribution in [0.1, 0.15) is 25.3 Å². The zero-order valence-electron chi connectivity index (χ0n) is 16.1. The van der Waals surface area contributed by atoms with Crippen LogP contribution in [-0.2, 0) is 16.4 Å². The zero-order valence-corrected chi connectivity index (χ0v) is 17.0. The predicted molar refractivity (Wildman–Crippen MR) is 108 cm³/mol. The van der Waals surface area contributed by atoms with Gasteiger partial charge >= 0.3 is 0 Å². The minimum atomic E-state index is -3.07. The second-order valence-corrected chi connectivity index (χ2v) is 9.24. The maximum atomic E-state index is 11.6. The highest BCUT2D eigenvalue weighted by molar-refractivity contribution is 7.88. The normalized spacial score (nSPS) is 21.6. The minimum absolute atomic E-state index is 0.115. The van der Waals surface area contributed by atoms with Crippen LogP contribution in [0, 0.1) is 5.92 Å². The van der Waals surface area contributed by atoms with Gasteiger partial charge in [0.1, 0.15) is 11.9 Å². The lowest BCUT2D eigenvalue weighted by atomic mass is 9.98. The summed E-state index contributed by atoms with van der Waals surface area (Å²) in [6.07, 6.45) is 4.02. The van der Waals surface area contributed by atoms with E-state index in [-0.39, 0.29) is 6.10 Å². The number of hydrogen-bond acceptors (Lipinski definition) is 4. The van der Waals surface area contributed by atoms with Crippen LogP contribution in [0.5, 0.6) is 5.75 Å². The summed E-state index contributed by atoms with van der Waals surface area (Å²) in [7, 11) is -3.07. The molecule has 2 N–H and O–H groups in total. The fourth-order valence-electron chi connectivity index (χ4n) is 3.56. The molecule has 0 amide bonds. The predicted octanol–water partition coefficient (Wildman–Crippen LogP) is 1.22. The van der Waals surface area contributed by atoms with Crippen LogP contribution >= 0.6 is 0 Å². The molecule has 8 heteroatoms. The molecule has 1 saturated heterocycles. The van der Waals surface area contributed by atoms with Crippen LogP contribution in [0.25, 0.3) is 0 Å². The number of benzene rings is 1. The van der Waals surface area contributed by atoms with E-state index >= 15 is 0 Å². The van der Waals surface area contributed by atoms with E-state index in [9.17, 15) is 8.42 Å². The van der Waals surface area contributed by atoms with Gasteiger partial charge < -0.3 is 15.4 Å². The van der Waals surface area contributed by atoms with Crippen molar-refractivity contribution in [2.45, 2.75) is 32.3 Å². The molecule has 1 aromatic carbocycles. The zero-order chi connectivity index (χ0) is 19.3. The molecule has 0 spiro atoms. The SMILES string of the molecule is CCNC(=NCC1CCN(S(C)(=O)=O)CC1)NCC1Cc2ccccc2O1. The number of hydrogen-bond donors (Lipinski definition) is 2. The summed E-state index contributed by atoms with van der Waals surface area (Å²) in [5.74, 6) is 2.19. The molecule has 2 aliphatic rings. The van der Waals surface area contributed by atoms with Crippen molar-refractivity contribution in [3.8, 4) is 5.75 Å². The average molecular weight is 395 g/mol. The Hall–Kier alpha value is -1.80. The lowest BCUT2D eigenvalue weighted by Crippen LogP contribution is -2.43. The number of ether oxygens (including phenoxy) is 1. The van der Waals surface area contributed by atoms with E-state index in [1.54, 1.807) is 4.31 Å². The number of sulfonamides is 1. The van der Waals surface area contributed by atoms with Gasteiger partial charge in [-0.15, -0.1) is 0 Å². The number of aliphatic imine (C=N–C) groups is 1. The van der Waals surface area contributed by atoms with Crippen molar-refractivity contribution in [3.05, 3.63) is 29.8 Å². The number of nitrogens with one attached hydrogen (secondary N) is 2. The number of piperidine rings is 1. The lowest BCUT2D eigenvalue weighted by Gasteiger charge is -2.29. The van der Waals surface area contributed by atoms with Gasteiger partial charge in [-0.1, -0.05) is 18.2 Å². The van der Waals surface area contributed by atoms with Crippen LogP contribution in [0.15, 0.2) is 29.3 Å². The maximum Gasteiger partial charge on any atom is 0.211 e. The molecular weight excluding hydrogens is 364 g/mol. The van der Waals surface area contributed by atoms with Gasteiger partial charge in [-0.05, 0) is 37.3 Å². The van der Waals surface area contributed by atoms with Crippen molar-refractivity contribution in [2.24, 2.45) is 10.9 Å². The van der Waals surface area contributed by atoms with Crippen molar-refractivity contribution in [2.75, 3.05) is 39.0 Å². The average Bonchev–Trinajstić information content (AvgIpc) is 3.06. The van der Waals surface area contributed by atoms with Gasteiger partial charge in [0.25, 0.3) is 0 Å². The van der Waals surface area contributed by atoms with Gasteiger partial charge in [0.2, 0.25) is 10.0 Å². The molecule has 7 nitrogen and oxygen atoms in total. The Morgan fingerprint density at radius 1 is 1.26 bits per heavy atom. The van der Waals surface area contributed by atoms with Crippen LogP contribution in [-0.4, -0.2) is 63.8 Å². The van der Waals surface area contributed by atoms with Crippen molar-refractivity contribution in [1.29, 1.82) is 0 Å². The van der Waals surface area contributed by atoms with Gasteiger partial charge in [-0.25, -0.2) is 12.7 Å². The van der Waals surface area contributed by atoms with E-state index in [1.807, 2.05) is 25.1 Å². The van der Waals surface area contributed by atoms with Gasteiger partial charge in [0, 0.05) is 32.6 Å². The third-order valence-electron chi connectivity index (χ3n) is 5.11. The molecule has 1 fully saturated rings. The third-order valence-corrected chi connectivity index (χ3v) is 6.41. The van der Waals surface area contributed by atoms with Gasteiger partial charge in [0.15, 0.2) is 5.96 Å². The maximum absolute atomic E-state index is 11.6. The Kier molecular flexibility index (Phi) is 6.59. The number of para-hydroxylation sites is 1. The lowest BCUT2D eigenvalue weighted by molar-refractivity contribution is 0.234. The molecule has 1 unspecified atom stereocenters. The highest BCUT2D eigenvalue weighted by Crippen LogP contribution is 2.27. The summed E-state index contributed by atoms with van der Waals surface area (Å²) in [5.41, 5.74) is 1.25. The van der Waals surface area contributed by atoms with Crippen LogP contribution in [0.4, 0.5) is 0 Å². The number of fused-ring (bicyclic) bond motifs is 1. The first-order valence-electron chi connectivity index (χ1n) is 9.67. The second kappa shape index (κ2) is 8.93. The molecule has 0 bridgehead atoms. The van der Waals surface area contributed by atoms with Crippen LogP contribution < -0.4 is 15.4 Å². The van der Waals surface area contributed by atoms with E-state index < -0.39 is 10.0 Å². The molecule has 150 valence electrons. The summed E-state index contributed by atoms with van der Waals surface area (Å²) in [6.45, 7) is 5.44. The number of rotatable bonds is 6. The van der Waals surface area contributed by atoms with Crippen LogP contribution in [0.2, 0.25) is 0 Å². The standard InChI is InChI=1S/C19H30N4O3S/c1-3-20-19(21-13-15-8-10-23(11-9-15)27(2,24)25)22-14-17-12-16-6-4-5-7-18(16)26-17/h4-7,15,17H,3,8-14H2,1-2H3,(H2,20,21,22). The highest BCUT2D eigenvalue weighted by atomic mass is 32.2. The molecule has 1 aromatic rings. The Bertz CT molecular complexity index is 733. The molecule has 0 saturated carbocycles. The van der Waals surface area contributed by atoms with Crippen molar-refractivity contribution < 1.29 is 13.2 Å². The fourth-order valence-corrected chi connectivity index (χ4v) is 4.44. The van der Waals surface area contributed by atoms with E-state index in [0.717, 1.165) is 37.5 Å². The molecular formula is C19H30N4O3S. The Morgan fingerprint density at radius 2 is 2.00 bits per heavy atom.